The molecule has 0 spiro atoms. The molecule has 0 atom stereocenters. The molecule has 0 radical (unpaired) electrons. The number of nitrogens with zero attached hydrogens (tertiary/aromatic N) is 2. The molecule has 1 fully saturated rings. The number of furan rings is 1. The SMILES string of the molecule is CCOc1ccc(C(=O)Nc2c(C(=O)N3CCN(Cc4ccccc4)CC3)oc3ccccc23)cc1. The third kappa shape index (κ3) is 5.11. The third-order valence-corrected chi connectivity index (χ3v) is 6.36. The Morgan fingerprint density at radius 3 is 2.31 bits per heavy atom. The minimum Gasteiger partial charge on any atom is -0.494 e. The van der Waals surface area contributed by atoms with E-state index in [2.05, 4.69) is 22.3 Å². The number of nitrogens with one attached hydrogen (secondary N) is 1. The van der Waals surface area contributed by atoms with E-state index in [-0.39, 0.29) is 17.6 Å². The number of hydrogen-bond donors (Lipinski definition) is 1. The summed E-state index contributed by atoms with van der Waals surface area (Å²) in [6, 6.07) is 24.6. The Balaban J connectivity index is 1.32. The number of rotatable bonds is 7. The monoisotopic (exact) mass is 483 g/mol. The second kappa shape index (κ2) is 10.7. The van der Waals surface area contributed by atoms with E-state index in [0.717, 1.165) is 19.6 Å². The van der Waals surface area contributed by atoms with Gasteiger partial charge in [0.1, 0.15) is 17.0 Å². The molecule has 1 aliphatic rings. The van der Waals surface area contributed by atoms with Gasteiger partial charge in [0.15, 0.2) is 0 Å². The van der Waals surface area contributed by atoms with Crippen LogP contribution in [0, 0.1) is 0 Å². The molecule has 0 aliphatic carbocycles. The van der Waals surface area contributed by atoms with Crippen LogP contribution in [0.2, 0.25) is 0 Å². The predicted octanol–water partition coefficient (Wildman–Crippen LogP) is 5.04. The van der Waals surface area contributed by atoms with Gasteiger partial charge in [-0.05, 0) is 48.9 Å². The van der Waals surface area contributed by atoms with Crippen molar-refractivity contribution in [3.63, 3.8) is 0 Å². The highest BCUT2D eigenvalue weighted by Gasteiger charge is 2.29. The van der Waals surface area contributed by atoms with Crippen molar-refractivity contribution in [1.82, 2.24) is 9.80 Å². The van der Waals surface area contributed by atoms with Gasteiger partial charge >= 0.3 is 0 Å². The number of para-hydroxylation sites is 1. The van der Waals surface area contributed by atoms with Gasteiger partial charge in [-0.15, -0.1) is 0 Å². The molecule has 1 saturated heterocycles. The fraction of sp³-hybridized carbons (Fsp3) is 0.241. The van der Waals surface area contributed by atoms with E-state index < -0.39 is 0 Å². The summed E-state index contributed by atoms with van der Waals surface area (Å²) in [4.78, 5) is 30.7. The van der Waals surface area contributed by atoms with Crippen LogP contribution in [0.25, 0.3) is 11.0 Å². The molecule has 1 aromatic heterocycles. The van der Waals surface area contributed by atoms with E-state index in [9.17, 15) is 9.59 Å². The van der Waals surface area contributed by atoms with Gasteiger partial charge in [0.2, 0.25) is 5.76 Å². The van der Waals surface area contributed by atoms with Crippen LogP contribution in [0.1, 0.15) is 33.4 Å². The molecule has 2 heterocycles. The number of anilines is 1. The Morgan fingerprint density at radius 2 is 1.58 bits per heavy atom. The molecule has 36 heavy (non-hydrogen) atoms. The molecule has 2 amide bonds. The van der Waals surface area contributed by atoms with E-state index in [0.29, 0.717) is 47.7 Å². The van der Waals surface area contributed by atoms with Crippen LogP contribution >= 0.6 is 0 Å². The van der Waals surface area contributed by atoms with Crippen LogP contribution in [0.3, 0.4) is 0 Å². The van der Waals surface area contributed by atoms with Crippen molar-refractivity contribution in [2.24, 2.45) is 0 Å². The van der Waals surface area contributed by atoms with E-state index in [1.807, 2.05) is 43.3 Å². The fourth-order valence-electron chi connectivity index (χ4n) is 4.47. The molecular weight excluding hydrogens is 454 g/mol. The number of benzene rings is 3. The highest BCUT2D eigenvalue weighted by Crippen LogP contribution is 2.32. The van der Waals surface area contributed by atoms with Gasteiger partial charge in [0.05, 0.1) is 6.61 Å². The first-order chi connectivity index (χ1) is 17.6. The summed E-state index contributed by atoms with van der Waals surface area (Å²) in [5.74, 6) is 0.330. The van der Waals surface area contributed by atoms with Gasteiger partial charge < -0.3 is 19.4 Å². The van der Waals surface area contributed by atoms with Gasteiger partial charge in [-0.2, -0.15) is 0 Å². The normalized spacial score (nSPS) is 14.1. The quantitative estimate of drug-likeness (QED) is 0.399. The Labute approximate surface area is 210 Å². The standard InChI is InChI=1S/C29H29N3O4/c1-2-35-23-14-12-22(13-15-23)28(33)30-26-24-10-6-7-11-25(24)36-27(26)29(34)32-18-16-31(17-19-32)20-21-8-4-3-5-9-21/h3-15H,2,16-20H2,1H3,(H,30,33). The lowest BCUT2D eigenvalue weighted by atomic mass is 10.1. The second-order valence-corrected chi connectivity index (χ2v) is 8.77. The minimum absolute atomic E-state index is 0.159. The number of amides is 2. The average Bonchev–Trinajstić information content (AvgIpc) is 3.28. The molecule has 7 heteroatoms. The van der Waals surface area contributed by atoms with E-state index in [1.165, 1.54) is 5.56 Å². The van der Waals surface area contributed by atoms with Crippen molar-refractivity contribution < 1.29 is 18.7 Å². The molecule has 3 aromatic carbocycles. The van der Waals surface area contributed by atoms with Gasteiger partial charge in [-0.1, -0.05) is 42.5 Å². The Morgan fingerprint density at radius 1 is 0.889 bits per heavy atom. The summed E-state index contributed by atoms with van der Waals surface area (Å²) in [6.45, 7) is 6.05. The van der Waals surface area contributed by atoms with Crippen molar-refractivity contribution >= 4 is 28.5 Å². The summed E-state index contributed by atoms with van der Waals surface area (Å²) in [5.41, 5.74) is 2.69. The summed E-state index contributed by atoms with van der Waals surface area (Å²) in [7, 11) is 0. The van der Waals surface area contributed by atoms with Crippen molar-refractivity contribution in [3.05, 3.63) is 95.7 Å². The first-order valence-corrected chi connectivity index (χ1v) is 12.2. The molecule has 7 nitrogen and oxygen atoms in total. The molecule has 0 unspecified atom stereocenters. The first kappa shape index (κ1) is 23.6. The lowest BCUT2D eigenvalue weighted by molar-refractivity contribution is 0.0601. The Hall–Kier alpha value is -4.10. The number of carbonyl (C=O) groups excluding carboxylic acids is 2. The van der Waals surface area contributed by atoms with Crippen LogP contribution in [-0.4, -0.2) is 54.4 Å². The number of hydrogen-bond acceptors (Lipinski definition) is 5. The van der Waals surface area contributed by atoms with Gasteiger partial charge in [-0.3, -0.25) is 14.5 Å². The van der Waals surface area contributed by atoms with Crippen LogP contribution in [0.4, 0.5) is 5.69 Å². The van der Waals surface area contributed by atoms with Gasteiger partial charge in [-0.25, -0.2) is 0 Å². The lowest BCUT2D eigenvalue weighted by Crippen LogP contribution is -2.48. The molecule has 0 bridgehead atoms. The molecule has 0 saturated carbocycles. The molecular formula is C29H29N3O4. The maximum absolute atomic E-state index is 13.5. The molecule has 184 valence electrons. The van der Waals surface area contributed by atoms with E-state index in [4.69, 9.17) is 9.15 Å². The van der Waals surface area contributed by atoms with Crippen LogP contribution in [0.5, 0.6) is 5.75 Å². The van der Waals surface area contributed by atoms with Crippen LogP contribution < -0.4 is 10.1 Å². The zero-order valence-corrected chi connectivity index (χ0v) is 20.3. The Bertz CT molecular complexity index is 1340. The zero-order chi connectivity index (χ0) is 24.9. The molecule has 1 aliphatic heterocycles. The molecule has 4 aromatic rings. The number of fused-ring (bicyclic) bond motifs is 1. The van der Waals surface area contributed by atoms with E-state index >= 15 is 0 Å². The lowest BCUT2D eigenvalue weighted by Gasteiger charge is -2.34. The second-order valence-electron chi connectivity index (χ2n) is 8.77. The maximum Gasteiger partial charge on any atom is 0.291 e. The smallest absolute Gasteiger partial charge is 0.291 e. The summed E-state index contributed by atoms with van der Waals surface area (Å²) in [6.07, 6.45) is 0. The summed E-state index contributed by atoms with van der Waals surface area (Å²) >= 11 is 0. The van der Waals surface area contributed by atoms with Crippen molar-refractivity contribution in [1.29, 1.82) is 0 Å². The third-order valence-electron chi connectivity index (χ3n) is 6.36. The highest BCUT2D eigenvalue weighted by molar-refractivity contribution is 6.14. The largest absolute Gasteiger partial charge is 0.494 e. The van der Waals surface area contributed by atoms with Crippen molar-refractivity contribution in [2.75, 3.05) is 38.1 Å². The predicted molar refractivity (Wildman–Crippen MR) is 139 cm³/mol. The summed E-state index contributed by atoms with van der Waals surface area (Å²) in [5, 5.41) is 3.63. The zero-order valence-electron chi connectivity index (χ0n) is 20.3. The molecule has 5 rings (SSSR count). The van der Waals surface area contributed by atoms with Crippen molar-refractivity contribution in [2.45, 2.75) is 13.5 Å². The number of ether oxygens (including phenoxy) is 1. The maximum atomic E-state index is 13.5. The first-order valence-electron chi connectivity index (χ1n) is 12.2. The van der Waals surface area contributed by atoms with Crippen LogP contribution in [0.15, 0.2) is 83.3 Å². The molecule has 1 N–H and O–H groups in total. The highest BCUT2D eigenvalue weighted by atomic mass is 16.5. The Kier molecular flexibility index (Phi) is 7.00. The number of piperazine rings is 1. The minimum atomic E-state index is -0.314. The topological polar surface area (TPSA) is 75.0 Å². The fourth-order valence-corrected chi connectivity index (χ4v) is 4.47. The van der Waals surface area contributed by atoms with Gasteiger partial charge in [0, 0.05) is 43.7 Å². The van der Waals surface area contributed by atoms with Crippen molar-refractivity contribution in [3.8, 4) is 5.75 Å². The van der Waals surface area contributed by atoms with Crippen LogP contribution in [-0.2, 0) is 6.54 Å². The summed E-state index contributed by atoms with van der Waals surface area (Å²) < 4.78 is 11.4. The van der Waals surface area contributed by atoms with E-state index in [1.54, 1.807) is 35.2 Å². The number of carbonyl (C=O) groups is 2. The van der Waals surface area contributed by atoms with Gasteiger partial charge in [0.25, 0.3) is 11.8 Å². The average molecular weight is 484 g/mol.